The summed E-state index contributed by atoms with van der Waals surface area (Å²) in [6.07, 6.45) is 1.08. The van der Waals surface area contributed by atoms with Crippen LogP contribution < -0.4 is 5.32 Å². The second kappa shape index (κ2) is 8.06. The molecule has 1 unspecified atom stereocenters. The summed E-state index contributed by atoms with van der Waals surface area (Å²) in [5.41, 5.74) is 0. The van der Waals surface area contributed by atoms with Gasteiger partial charge in [-0.05, 0) is 22.9 Å². The predicted molar refractivity (Wildman–Crippen MR) is 90.3 cm³/mol. The third kappa shape index (κ3) is 4.63. The van der Waals surface area contributed by atoms with E-state index in [4.69, 9.17) is 4.74 Å². The van der Waals surface area contributed by atoms with Crippen LogP contribution in [0, 0.1) is 0 Å². The SMILES string of the molecule is c1csc(CC(NCCN2CCOCC2)c2cccs2)c1. The second-order valence-corrected chi connectivity index (χ2v) is 7.27. The Morgan fingerprint density at radius 2 is 1.95 bits per heavy atom. The summed E-state index contributed by atoms with van der Waals surface area (Å²) in [7, 11) is 0. The molecule has 1 aliphatic rings. The molecule has 3 nitrogen and oxygen atoms in total. The van der Waals surface area contributed by atoms with E-state index in [1.165, 1.54) is 9.75 Å². The first-order chi connectivity index (χ1) is 10.4. The molecule has 5 heteroatoms. The maximum Gasteiger partial charge on any atom is 0.0594 e. The summed E-state index contributed by atoms with van der Waals surface area (Å²) in [4.78, 5) is 5.37. The Bertz CT molecular complexity index is 492. The fourth-order valence-corrected chi connectivity index (χ4v) is 4.17. The second-order valence-electron chi connectivity index (χ2n) is 5.26. The molecule has 0 bridgehead atoms. The van der Waals surface area contributed by atoms with Crippen LogP contribution in [0.25, 0.3) is 0 Å². The number of ether oxygens (including phenoxy) is 1. The first-order valence-electron chi connectivity index (χ1n) is 7.51. The quantitative estimate of drug-likeness (QED) is 0.848. The van der Waals surface area contributed by atoms with Crippen molar-refractivity contribution in [1.82, 2.24) is 10.2 Å². The zero-order chi connectivity index (χ0) is 14.3. The average molecular weight is 322 g/mol. The van der Waals surface area contributed by atoms with Crippen molar-refractivity contribution in [2.45, 2.75) is 12.5 Å². The lowest BCUT2D eigenvalue weighted by atomic mass is 10.1. The van der Waals surface area contributed by atoms with E-state index < -0.39 is 0 Å². The summed E-state index contributed by atoms with van der Waals surface area (Å²) >= 11 is 3.70. The van der Waals surface area contributed by atoms with Gasteiger partial charge in [0.25, 0.3) is 0 Å². The molecule has 2 aromatic heterocycles. The standard InChI is InChI=1S/C16H22N2OS2/c1-3-14(20-11-1)13-15(16-4-2-12-21-16)17-5-6-18-7-9-19-10-8-18/h1-4,11-12,15,17H,5-10,13H2. The number of nitrogens with zero attached hydrogens (tertiary/aromatic N) is 1. The van der Waals surface area contributed by atoms with Gasteiger partial charge in [-0.25, -0.2) is 0 Å². The Balaban J connectivity index is 1.52. The molecule has 0 aromatic carbocycles. The molecule has 1 N–H and O–H groups in total. The van der Waals surface area contributed by atoms with Crippen molar-refractivity contribution in [3.8, 4) is 0 Å². The number of thiophene rings is 2. The average Bonchev–Trinajstić information content (AvgIpc) is 3.21. The third-order valence-corrected chi connectivity index (χ3v) is 5.68. The first-order valence-corrected chi connectivity index (χ1v) is 9.27. The van der Waals surface area contributed by atoms with Gasteiger partial charge in [0.05, 0.1) is 13.2 Å². The topological polar surface area (TPSA) is 24.5 Å². The third-order valence-electron chi connectivity index (χ3n) is 3.79. The highest BCUT2D eigenvalue weighted by Gasteiger charge is 2.15. The van der Waals surface area contributed by atoms with Crippen molar-refractivity contribution in [2.75, 3.05) is 39.4 Å². The molecule has 1 saturated heterocycles. The smallest absolute Gasteiger partial charge is 0.0594 e. The van der Waals surface area contributed by atoms with Crippen LogP contribution in [0.4, 0.5) is 0 Å². The van der Waals surface area contributed by atoms with Gasteiger partial charge in [0.2, 0.25) is 0 Å². The summed E-state index contributed by atoms with van der Waals surface area (Å²) in [5, 5.41) is 8.07. The maximum atomic E-state index is 5.40. The highest BCUT2D eigenvalue weighted by molar-refractivity contribution is 7.10. The molecule has 1 atom stereocenters. The van der Waals surface area contributed by atoms with Gasteiger partial charge in [-0.2, -0.15) is 0 Å². The Labute approximate surface area is 134 Å². The minimum Gasteiger partial charge on any atom is -0.379 e. The van der Waals surface area contributed by atoms with Gasteiger partial charge >= 0.3 is 0 Å². The molecular weight excluding hydrogens is 300 g/mol. The lowest BCUT2D eigenvalue weighted by molar-refractivity contribution is 0.0381. The summed E-state index contributed by atoms with van der Waals surface area (Å²) in [6.45, 7) is 6.03. The van der Waals surface area contributed by atoms with Gasteiger partial charge in [-0.3, -0.25) is 4.90 Å². The fraction of sp³-hybridized carbons (Fsp3) is 0.500. The predicted octanol–water partition coefficient (Wildman–Crippen LogP) is 3.02. The number of hydrogen-bond acceptors (Lipinski definition) is 5. The maximum absolute atomic E-state index is 5.40. The van der Waals surface area contributed by atoms with Crippen molar-refractivity contribution >= 4 is 22.7 Å². The Morgan fingerprint density at radius 1 is 1.14 bits per heavy atom. The van der Waals surface area contributed by atoms with Crippen LogP contribution in [0.2, 0.25) is 0 Å². The van der Waals surface area contributed by atoms with Crippen molar-refractivity contribution in [1.29, 1.82) is 0 Å². The largest absolute Gasteiger partial charge is 0.379 e. The molecule has 3 heterocycles. The highest BCUT2D eigenvalue weighted by atomic mass is 32.1. The van der Waals surface area contributed by atoms with Crippen molar-refractivity contribution in [3.63, 3.8) is 0 Å². The zero-order valence-corrected chi connectivity index (χ0v) is 13.8. The van der Waals surface area contributed by atoms with E-state index in [1.54, 1.807) is 0 Å². The zero-order valence-electron chi connectivity index (χ0n) is 12.2. The molecule has 0 spiro atoms. The van der Waals surface area contributed by atoms with Gasteiger partial charge in [-0.15, -0.1) is 22.7 Å². The summed E-state index contributed by atoms with van der Waals surface area (Å²) in [6, 6.07) is 9.19. The van der Waals surface area contributed by atoms with Crippen LogP contribution in [0.15, 0.2) is 35.0 Å². The Hall–Kier alpha value is -0.720. The van der Waals surface area contributed by atoms with Crippen LogP contribution in [-0.4, -0.2) is 44.3 Å². The van der Waals surface area contributed by atoms with Crippen molar-refractivity contribution < 1.29 is 4.74 Å². The molecule has 21 heavy (non-hydrogen) atoms. The van der Waals surface area contributed by atoms with E-state index in [9.17, 15) is 0 Å². The van der Waals surface area contributed by atoms with E-state index >= 15 is 0 Å². The summed E-state index contributed by atoms with van der Waals surface area (Å²) < 4.78 is 5.40. The van der Waals surface area contributed by atoms with Gasteiger partial charge in [0.1, 0.15) is 0 Å². The van der Waals surface area contributed by atoms with Crippen LogP contribution in [0.3, 0.4) is 0 Å². The minimum absolute atomic E-state index is 0.435. The van der Waals surface area contributed by atoms with Crippen LogP contribution in [0.5, 0.6) is 0 Å². The number of nitrogens with one attached hydrogen (secondary N) is 1. The van der Waals surface area contributed by atoms with Crippen molar-refractivity contribution in [3.05, 3.63) is 44.8 Å². The molecular formula is C16H22N2OS2. The normalized spacial score (nSPS) is 17.9. The van der Waals surface area contributed by atoms with Crippen LogP contribution in [-0.2, 0) is 11.2 Å². The molecule has 114 valence electrons. The van der Waals surface area contributed by atoms with Gasteiger partial charge in [-0.1, -0.05) is 12.1 Å². The molecule has 0 radical (unpaired) electrons. The van der Waals surface area contributed by atoms with Crippen LogP contribution in [0.1, 0.15) is 15.8 Å². The molecule has 1 aliphatic heterocycles. The molecule has 2 aromatic rings. The molecule has 0 saturated carbocycles. The van der Waals surface area contributed by atoms with Gasteiger partial charge in [0, 0.05) is 48.4 Å². The highest BCUT2D eigenvalue weighted by Crippen LogP contribution is 2.24. The van der Waals surface area contributed by atoms with Gasteiger partial charge < -0.3 is 10.1 Å². The van der Waals surface area contributed by atoms with E-state index in [1.807, 2.05) is 22.7 Å². The first kappa shape index (κ1) is 15.2. The monoisotopic (exact) mass is 322 g/mol. The van der Waals surface area contributed by atoms with E-state index in [2.05, 4.69) is 45.2 Å². The lowest BCUT2D eigenvalue weighted by Crippen LogP contribution is -2.41. The van der Waals surface area contributed by atoms with E-state index in [0.717, 1.165) is 45.8 Å². The fourth-order valence-electron chi connectivity index (χ4n) is 2.61. The van der Waals surface area contributed by atoms with Crippen molar-refractivity contribution in [2.24, 2.45) is 0 Å². The van der Waals surface area contributed by atoms with E-state index in [0.29, 0.717) is 6.04 Å². The summed E-state index contributed by atoms with van der Waals surface area (Å²) in [5.74, 6) is 0. The molecule has 1 fully saturated rings. The van der Waals surface area contributed by atoms with E-state index in [-0.39, 0.29) is 0 Å². The number of morpholine rings is 1. The number of rotatable bonds is 7. The van der Waals surface area contributed by atoms with Crippen LogP contribution >= 0.6 is 22.7 Å². The number of hydrogen-bond donors (Lipinski definition) is 1. The Kier molecular flexibility index (Phi) is 5.83. The molecule has 0 aliphatic carbocycles. The minimum atomic E-state index is 0.435. The lowest BCUT2D eigenvalue weighted by Gasteiger charge is -2.27. The Morgan fingerprint density at radius 3 is 2.67 bits per heavy atom. The molecule has 3 rings (SSSR count). The van der Waals surface area contributed by atoms with Gasteiger partial charge in [0.15, 0.2) is 0 Å². The molecule has 0 amide bonds.